The third kappa shape index (κ3) is 3.97. The molecule has 3 heterocycles. The van der Waals surface area contributed by atoms with Gasteiger partial charge in [0.2, 0.25) is 11.8 Å². The van der Waals surface area contributed by atoms with E-state index in [9.17, 15) is 5.11 Å². The van der Waals surface area contributed by atoms with Gasteiger partial charge in [0.05, 0.1) is 23.8 Å². The molecule has 0 spiro atoms. The van der Waals surface area contributed by atoms with E-state index in [1.807, 2.05) is 18.2 Å². The summed E-state index contributed by atoms with van der Waals surface area (Å²) in [4.78, 5) is 11.3. The summed E-state index contributed by atoms with van der Waals surface area (Å²) < 4.78 is 7.70. The standard InChI is InChI=1S/C19H26N6O2/c20-7-10-24-8-5-14(6-9-24)22-19-23-16-3-1-2-4-17(16)25(19)12-15-11-21-18(13-26)27-15/h1-4,11,14,26H,5-10,12-13,20H2,(H,22,23). The quantitative estimate of drug-likeness (QED) is 0.577. The van der Waals surface area contributed by atoms with Crippen LogP contribution in [0.3, 0.4) is 0 Å². The van der Waals surface area contributed by atoms with Gasteiger partial charge < -0.3 is 30.0 Å². The second kappa shape index (κ2) is 8.08. The van der Waals surface area contributed by atoms with Crippen LogP contribution < -0.4 is 11.1 Å². The van der Waals surface area contributed by atoms with Crippen molar-refractivity contribution in [1.82, 2.24) is 19.4 Å². The number of nitrogens with one attached hydrogen (secondary N) is 1. The van der Waals surface area contributed by atoms with Gasteiger partial charge >= 0.3 is 0 Å². The van der Waals surface area contributed by atoms with Crippen molar-refractivity contribution in [1.29, 1.82) is 0 Å². The Hall–Kier alpha value is -2.42. The summed E-state index contributed by atoms with van der Waals surface area (Å²) in [7, 11) is 0. The fraction of sp³-hybridized carbons (Fsp3) is 0.474. The van der Waals surface area contributed by atoms with E-state index in [0.717, 1.165) is 49.5 Å². The molecule has 144 valence electrons. The number of para-hydroxylation sites is 2. The minimum absolute atomic E-state index is 0.197. The molecular weight excluding hydrogens is 344 g/mol. The molecule has 0 amide bonds. The smallest absolute Gasteiger partial charge is 0.220 e. The van der Waals surface area contributed by atoms with Gasteiger partial charge in [0.15, 0.2) is 0 Å². The molecule has 27 heavy (non-hydrogen) atoms. The van der Waals surface area contributed by atoms with Gasteiger partial charge in [0.25, 0.3) is 0 Å². The molecule has 8 heteroatoms. The Kier molecular flexibility index (Phi) is 5.38. The summed E-state index contributed by atoms with van der Waals surface area (Å²) in [5.74, 6) is 1.87. The van der Waals surface area contributed by atoms with E-state index in [1.54, 1.807) is 6.20 Å². The van der Waals surface area contributed by atoms with Gasteiger partial charge in [-0.1, -0.05) is 12.1 Å². The number of benzene rings is 1. The second-order valence-corrected chi connectivity index (χ2v) is 6.94. The molecule has 1 aliphatic rings. The Morgan fingerprint density at radius 2 is 2.07 bits per heavy atom. The largest absolute Gasteiger partial charge is 0.441 e. The fourth-order valence-corrected chi connectivity index (χ4v) is 3.66. The predicted octanol–water partition coefficient (Wildman–Crippen LogP) is 1.40. The van der Waals surface area contributed by atoms with Crippen molar-refractivity contribution in [2.24, 2.45) is 5.73 Å². The van der Waals surface area contributed by atoms with Gasteiger partial charge in [-0.2, -0.15) is 0 Å². The molecule has 0 saturated carbocycles. The number of nitrogens with two attached hydrogens (primary N) is 1. The number of hydrogen-bond donors (Lipinski definition) is 3. The van der Waals surface area contributed by atoms with E-state index in [-0.39, 0.29) is 6.61 Å². The molecule has 4 N–H and O–H groups in total. The highest BCUT2D eigenvalue weighted by molar-refractivity contribution is 5.78. The summed E-state index contributed by atoms with van der Waals surface area (Å²) >= 11 is 0. The van der Waals surface area contributed by atoms with Crippen molar-refractivity contribution in [2.75, 3.05) is 31.5 Å². The molecule has 4 rings (SSSR count). The van der Waals surface area contributed by atoms with E-state index in [4.69, 9.17) is 15.1 Å². The lowest BCUT2D eigenvalue weighted by molar-refractivity contribution is 0.224. The number of fused-ring (bicyclic) bond motifs is 1. The maximum Gasteiger partial charge on any atom is 0.220 e. The molecule has 1 fully saturated rings. The summed E-state index contributed by atoms with van der Waals surface area (Å²) in [5, 5.41) is 12.8. The van der Waals surface area contributed by atoms with Crippen LogP contribution in [0.5, 0.6) is 0 Å². The first-order valence-electron chi connectivity index (χ1n) is 9.45. The second-order valence-electron chi connectivity index (χ2n) is 6.94. The maximum absolute atomic E-state index is 9.18. The van der Waals surface area contributed by atoms with Gasteiger partial charge in [-0.25, -0.2) is 9.97 Å². The molecule has 1 aromatic carbocycles. The molecule has 0 radical (unpaired) electrons. The van der Waals surface area contributed by atoms with Gasteiger partial charge in [-0.05, 0) is 25.0 Å². The van der Waals surface area contributed by atoms with E-state index in [0.29, 0.717) is 30.8 Å². The number of anilines is 1. The zero-order valence-corrected chi connectivity index (χ0v) is 15.3. The number of imidazole rings is 1. The zero-order valence-electron chi connectivity index (χ0n) is 15.3. The van der Waals surface area contributed by atoms with E-state index < -0.39 is 0 Å². The molecule has 0 unspecified atom stereocenters. The Labute approximate surface area is 158 Å². The lowest BCUT2D eigenvalue weighted by Crippen LogP contribution is -2.41. The van der Waals surface area contributed by atoms with Gasteiger partial charge in [-0.3, -0.25) is 0 Å². The molecule has 0 aliphatic carbocycles. The van der Waals surface area contributed by atoms with Crippen LogP contribution >= 0.6 is 0 Å². The number of aromatic nitrogens is 3. The summed E-state index contributed by atoms with van der Waals surface area (Å²) in [5.41, 5.74) is 7.66. The minimum atomic E-state index is -0.197. The summed E-state index contributed by atoms with van der Waals surface area (Å²) in [6, 6.07) is 8.46. The molecule has 2 aromatic heterocycles. The normalized spacial score (nSPS) is 16.2. The monoisotopic (exact) mass is 370 g/mol. The molecule has 8 nitrogen and oxygen atoms in total. The van der Waals surface area contributed by atoms with Crippen molar-refractivity contribution in [3.05, 3.63) is 42.1 Å². The van der Waals surface area contributed by atoms with Gasteiger partial charge in [0, 0.05) is 32.2 Å². The highest BCUT2D eigenvalue weighted by Gasteiger charge is 2.21. The average molecular weight is 370 g/mol. The topological polar surface area (TPSA) is 105 Å². The third-order valence-corrected chi connectivity index (χ3v) is 5.07. The maximum atomic E-state index is 9.18. The van der Waals surface area contributed by atoms with Gasteiger partial charge in [0.1, 0.15) is 12.4 Å². The summed E-state index contributed by atoms with van der Waals surface area (Å²) in [6.45, 7) is 4.10. The Morgan fingerprint density at radius 1 is 1.26 bits per heavy atom. The van der Waals surface area contributed by atoms with Crippen LogP contribution in [-0.4, -0.2) is 56.8 Å². The van der Waals surface area contributed by atoms with Crippen molar-refractivity contribution in [2.45, 2.75) is 32.0 Å². The van der Waals surface area contributed by atoms with E-state index in [1.165, 1.54) is 0 Å². The van der Waals surface area contributed by atoms with Gasteiger partial charge in [-0.15, -0.1) is 0 Å². The Balaban J connectivity index is 1.55. The summed E-state index contributed by atoms with van der Waals surface area (Å²) in [6.07, 6.45) is 3.80. The Morgan fingerprint density at radius 3 is 2.81 bits per heavy atom. The number of rotatable bonds is 7. The number of nitrogens with zero attached hydrogens (tertiary/aromatic N) is 4. The van der Waals surface area contributed by atoms with Crippen LogP contribution in [-0.2, 0) is 13.2 Å². The number of aliphatic hydroxyl groups is 1. The van der Waals surface area contributed by atoms with Crippen molar-refractivity contribution >= 4 is 17.0 Å². The number of oxazole rings is 1. The molecule has 3 aromatic rings. The van der Waals surface area contributed by atoms with Crippen molar-refractivity contribution < 1.29 is 9.52 Å². The molecule has 1 saturated heterocycles. The number of piperidine rings is 1. The lowest BCUT2D eigenvalue weighted by atomic mass is 10.1. The zero-order chi connectivity index (χ0) is 18.6. The van der Waals surface area contributed by atoms with Crippen LogP contribution in [0.4, 0.5) is 5.95 Å². The molecule has 0 bridgehead atoms. The Bertz CT molecular complexity index is 881. The first kappa shape index (κ1) is 18.0. The first-order valence-corrected chi connectivity index (χ1v) is 9.45. The highest BCUT2D eigenvalue weighted by atomic mass is 16.4. The SMILES string of the molecule is NCCN1CCC(Nc2nc3ccccc3n2Cc2cnc(CO)o2)CC1. The number of likely N-dealkylation sites (tertiary alicyclic amines) is 1. The number of hydrogen-bond acceptors (Lipinski definition) is 7. The lowest BCUT2D eigenvalue weighted by Gasteiger charge is -2.32. The highest BCUT2D eigenvalue weighted by Crippen LogP contribution is 2.24. The first-order chi connectivity index (χ1) is 13.3. The van der Waals surface area contributed by atoms with Crippen LogP contribution in [0.15, 0.2) is 34.9 Å². The predicted molar refractivity (Wildman–Crippen MR) is 103 cm³/mol. The fourth-order valence-electron chi connectivity index (χ4n) is 3.66. The molecule has 0 atom stereocenters. The van der Waals surface area contributed by atoms with Crippen molar-refractivity contribution in [3.63, 3.8) is 0 Å². The van der Waals surface area contributed by atoms with Crippen LogP contribution in [0.1, 0.15) is 24.5 Å². The van der Waals surface area contributed by atoms with Crippen LogP contribution in [0.25, 0.3) is 11.0 Å². The van der Waals surface area contributed by atoms with Crippen molar-refractivity contribution in [3.8, 4) is 0 Å². The minimum Gasteiger partial charge on any atom is -0.441 e. The van der Waals surface area contributed by atoms with Crippen LogP contribution in [0, 0.1) is 0 Å². The molecular formula is C19H26N6O2. The average Bonchev–Trinajstić information content (AvgIpc) is 3.29. The van der Waals surface area contributed by atoms with Crippen LogP contribution in [0.2, 0.25) is 0 Å². The molecule has 1 aliphatic heterocycles. The number of aliphatic hydroxyl groups excluding tert-OH is 1. The van der Waals surface area contributed by atoms with E-state index >= 15 is 0 Å². The third-order valence-electron chi connectivity index (χ3n) is 5.07. The van der Waals surface area contributed by atoms with E-state index in [2.05, 4.69) is 25.8 Å².